The first-order valence-corrected chi connectivity index (χ1v) is 8.24. The third kappa shape index (κ3) is 4.20. The van der Waals surface area contributed by atoms with E-state index in [2.05, 4.69) is 15.4 Å². The summed E-state index contributed by atoms with van der Waals surface area (Å²) in [6.07, 6.45) is -2.46. The summed E-state index contributed by atoms with van der Waals surface area (Å²) in [5, 5.41) is 6.24. The molecule has 0 spiro atoms. The molecule has 3 aromatic rings. The van der Waals surface area contributed by atoms with Crippen LogP contribution in [0.3, 0.4) is 0 Å². The number of amides is 1. The fraction of sp³-hybridized carbons (Fsp3) is 0.133. The number of nitrogens with one attached hydrogen (secondary N) is 1. The molecule has 0 atom stereocenters. The Morgan fingerprint density at radius 1 is 1.31 bits per heavy atom. The van der Waals surface area contributed by atoms with Crippen LogP contribution in [0.1, 0.15) is 10.6 Å². The number of carbonyl (C=O) groups excluding carboxylic acids is 1. The number of hydrogen-bond acceptors (Lipinski definition) is 4. The first kappa shape index (κ1) is 18.3. The molecule has 0 bridgehead atoms. The number of alkyl halides is 3. The van der Waals surface area contributed by atoms with Gasteiger partial charge in [0.2, 0.25) is 5.91 Å². The first-order chi connectivity index (χ1) is 12.2. The molecule has 0 aliphatic heterocycles. The van der Waals surface area contributed by atoms with Crippen LogP contribution in [0.4, 0.5) is 22.7 Å². The van der Waals surface area contributed by atoms with Crippen LogP contribution < -0.4 is 5.32 Å². The van der Waals surface area contributed by atoms with Gasteiger partial charge in [0.15, 0.2) is 5.13 Å². The molecule has 0 fully saturated rings. The van der Waals surface area contributed by atoms with E-state index >= 15 is 0 Å². The highest BCUT2D eigenvalue weighted by atomic mass is 35.5. The van der Waals surface area contributed by atoms with E-state index in [1.807, 2.05) is 0 Å². The molecule has 3 rings (SSSR count). The van der Waals surface area contributed by atoms with Crippen molar-refractivity contribution in [3.63, 3.8) is 0 Å². The van der Waals surface area contributed by atoms with Crippen molar-refractivity contribution in [1.29, 1.82) is 0 Å². The average molecular weight is 405 g/mol. The summed E-state index contributed by atoms with van der Waals surface area (Å²) in [5.41, 5.74) is 0.869. The summed E-state index contributed by atoms with van der Waals surface area (Å²) >= 11 is 6.05. The molecule has 11 heteroatoms. The van der Waals surface area contributed by atoms with E-state index in [1.165, 1.54) is 22.9 Å². The van der Waals surface area contributed by atoms with Crippen molar-refractivity contribution in [1.82, 2.24) is 14.8 Å². The second kappa shape index (κ2) is 7.04. The minimum absolute atomic E-state index is 0.0680. The van der Waals surface area contributed by atoms with E-state index in [0.29, 0.717) is 28.9 Å². The van der Waals surface area contributed by atoms with Gasteiger partial charge in [-0.05, 0) is 24.3 Å². The molecular weight excluding hydrogens is 396 g/mol. The van der Waals surface area contributed by atoms with Crippen LogP contribution in [0.15, 0.2) is 36.7 Å². The third-order valence-electron chi connectivity index (χ3n) is 3.19. The zero-order valence-corrected chi connectivity index (χ0v) is 14.3. The van der Waals surface area contributed by atoms with E-state index in [9.17, 15) is 22.4 Å². The molecule has 2 aromatic heterocycles. The highest BCUT2D eigenvalue weighted by Crippen LogP contribution is 2.35. The van der Waals surface area contributed by atoms with Crippen molar-refractivity contribution in [2.75, 3.05) is 5.32 Å². The van der Waals surface area contributed by atoms with Gasteiger partial charge >= 0.3 is 6.18 Å². The third-order valence-corrected chi connectivity index (χ3v) is 4.43. The van der Waals surface area contributed by atoms with Crippen molar-refractivity contribution >= 4 is 34.0 Å². The van der Waals surface area contributed by atoms with E-state index in [1.54, 1.807) is 12.3 Å². The predicted molar refractivity (Wildman–Crippen MR) is 88.0 cm³/mol. The molecule has 1 amide bonds. The molecular formula is C15H9ClF4N4OS. The minimum Gasteiger partial charge on any atom is -0.302 e. The number of thiazole rings is 1. The fourth-order valence-electron chi connectivity index (χ4n) is 2.02. The highest BCUT2D eigenvalue weighted by Gasteiger charge is 2.33. The number of aromatic nitrogens is 3. The maximum absolute atomic E-state index is 13.2. The summed E-state index contributed by atoms with van der Waals surface area (Å²) in [6, 6.07) is 5.58. The lowest BCUT2D eigenvalue weighted by atomic mass is 10.3. The number of halogens is 5. The minimum atomic E-state index is -4.50. The quantitative estimate of drug-likeness (QED) is 0.659. The van der Waals surface area contributed by atoms with Crippen LogP contribution in [-0.2, 0) is 17.4 Å². The topological polar surface area (TPSA) is 59.8 Å². The fourth-order valence-corrected chi connectivity index (χ4v) is 2.89. The van der Waals surface area contributed by atoms with Gasteiger partial charge in [0, 0.05) is 6.20 Å². The summed E-state index contributed by atoms with van der Waals surface area (Å²) in [4.78, 5) is 14.6. The van der Waals surface area contributed by atoms with Gasteiger partial charge in [0.25, 0.3) is 0 Å². The molecule has 0 radical (unpaired) electrons. The van der Waals surface area contributed by atoms with Gasteiger partial charge in [0.05, 0.1) is 29.0 Å². The standard InChI is InChI=1S/C15H9ClF4N4OS/c16-10-6-9(1-2-11(10)17)24-4-3-8(23-24)5-13(25)22-14-21-7-12(26-14)15(18,19)20/h1-4,6-7H,5H2,(H,21,22,25). The molecule has 136 valence electrons. The SMILES string of the molecule is O=C(Cc1ccn(-c2ccc(F)c(Cl)c2)n1)Nc1ncc(C(F)(F)F)s1. The van der Waals surface area contributed by atoms with Crippen molar-refractivity contribution in [3.8, 4) is 5.69 Å². The zero-order valence-electron chi connectivity index (χ0n) is 12.7. The van der Waals surface area contributed by atoms with Crippen LogP contribution in [0.5, 0.6) is 0 Å². The lowest BCUT2D eigenvalue weighted by Crippen LogP contribution is -2.14. The largest absolute Gasteiger partial charge is 0.427 e. The van der Waals surface area contributed by atoms with Crippen LogP contribution in [0, 0.1) is 5.82 Å². The number of anilines is 1. The van der Waals surface area contributed by atoms with Gasteiger partial charge in [-0.25, -0.2) is 14.1 Å². The number of benzene rings is 1. The van der Waals surface area contributed by atoms with E-state index < -0.39 is 22.8 Å². The zero-order chi connectivity index (χ0) is 18.9. The lowest BCUT2D eigenvalue weighted by Gasteiger charge is -2.03. The summed E-state index contributed by atoms with van der Waals surface area (Å²) in [6.45, 7) is 0. The molecule has 0 aliphatic carbocycles. The van der Waals surface area contributed by atoms with Crippen LogP contribution in [0.2, 0.25) is 5.02 Å². The second-order valence-electron chi connectivity index (χ2n) is 5.10. The molecule has 0 saturated heterocycles. The van der Waals surface area contributed by atoms with Crippen molar-refractivity contribution in [2.45, 2.75) is 12.6 Å². The predicted octanol–water partition coefficient (Wildman–Crippen LogP) is 4.32. The van der Waals surface area contributed by atoms with Crippen LogP contribution in [-0.4, -0.2) is 20.7 Å². The Bertz CT molecular complexity index is 953. The Labute approximate surface area is 153 Å². The lowest BCUT2D eigenvalue weighted by molar-refractivity contribution is -0.134. The average Bonchev–Trinajstić information content (AvgIpc) is 3.19. The van der Waals surface area contributed by atoms with Crippen LogP contribution in [0.25, 0.3) is 5.69 Å². The van der Waals surface area contributed by atoms with Gasteiger partial charge < -0.3 is 5.32 Å². The Morgan fingerprint density at radius 3 is 2.73 bits per heavy atom. The van der Waals surface area contributed by atoms with E-state index in [4.69, 9.17) is 11.6 Å². The normalized spacial score (nSPS) is 11.6. The molecule has 1 N–H and O–H groups in total. The van der Waals surface area contributed by atoms with Crippen LogP contribution >= 0.6 is 22.9 Å². The summed E-state index contributed by atoms with van der Waals surface area (Å²) in [7, 11) is 0. The smallest absolute Gasteiger partial charge is 0.302 e. The van der Waals surface area contributed by atoms with Gasteiger partial charge in [0.1, 0.15) is 10.7 Å². The molecule has 2 heterocycles. The Morgan fingerprint density at radius 2 is 2.08 bits per heavy atom. The molecule has 0 unspecified atom stereocenters. The van der Waals surface area contributed by atoms with Gasteiger partial charge in [-0.1, -0.05) is 22.9 Å². The van der Waals surface area contributed by atoms with Gasteiger partial charge in [-0.3, -0.25) is 4.79 Å². The monoisotopic (exact) mass is 404 g/mol. The molecule has 0 aliphatic rings. The van der Waals surface area contributed by atoms with Gasteiger partial charge in [-0.2, -0.15) is 18.3 Å². The van der Waals surface area contributed by atoms with Gasteiger partial charge in [-0.15, -0.1) is 0 Å². The number of rotatable bonds is 4. The number of hydrogen-bond donors (Lipinski definition) is 1. The molecule has 0 saturated carbocycles. The van der Waals surface area contributed by atoms with Crippen molar-refractivity contribution < 1.29 is 22.4 Å². The van der Waals surface area contributed by atoms with E-state index in [-0.39, 0.29) is 16.6 Å². The molecule has 26 heavy (non-hydrogen) atoms. The Kier molecular flexibility index (Phi) is 4.97. The van der Waals surface area contributed by atoms with Crippen molar-refractivity contribution in [2.24, 2.45) is 0 Å². The van der Waals surface area contributed by atoms with Crippen molar-refractivity contribution in [3.05, 3.63) is 58.1 Å². The molecule has 5 nitrogen and oxygen atoms in total. The molecule has 1 aromatic carbocycles. The maximum atomic E-state index is 13.2. The number of nitrogens with zero attached hydrogens (tertiary/aromatic N) is 3. The van der Waals surface area contributed by atoms with E-state index in [0.717, 1.165) is 0 Å². The first-order valence-electron chi connectivity index (χ1n) is 7.05. The Hall–Kier alpha value is -2.46. The summed E-state index contributed by atoms with van der Waals surface area (Å²) in [5.74, 6) is -1.13. The Balaban J connectivity index is 1.66. The summed E-state index contributed by atoms with van der Waals surface area (Å²) < 4.78 is 52.1. The number of carbonyl (C=O) groups is 1. The maximum Gasteiger partial charge on any atom is 0.427 e. The highest BCUT2D eigenvalue weighted by molar-refractivity contribution is 7.15. The second-order valence-corrected chi connectivity index (χ2v) is 6.54.